The van der Waals surface area contributed by atoms with Crippen molar-refractivity contribution in [2.24, 2.45) is 0 Å². The lowest BCUT2D eigenvalue weighted by molar-refractivity contribution is -0.359. The highest BCUT2D eigenvalue weighted by atomic mass is 16.7. The molecule has 0 aliphatic carbocycles. The van der Waals surface area contributed by atoms with Gasteiger partial charge in [-0.3, -0.25) is 4.79 Å². The number of rotatable bonds is 31. The van der Waals surface area contributed by atoms with E-state index >= 15 is 0 Å². The normalized spacial score (nSPS) is 29.4. The van der Waals surface area contributed by atoms with E-state index in [0.717, 1.165) is 70.6 Å². The first-order valence-electron chi connectivity index (χ1n) is 21.7. The SMILES string of the molecule is CCC/C=C\C/C=C\CCCCCCCC(=O)NC(COC1OC(CO)C(OC2OC(CO)C(O)C(O)C2O)C(O)C1O)C(O)/C=C/CCCCCCCCCC. The molecule has 0 saturated carbocycles. The second-order valence-electron chi connectivity index (χ2n) is 15.5. The molecule has 2 heterocycles. The van der Waals surface area contributed by atoms with Crippen LogP contribution in [0.15, 0.2) is 36.5 Å². The molecule has 1 amide bonds. The van der Waals surface area contributed by atoms with E-state index in [1.807, 2.05) is 6.08 Å². The van der Waals surface area contributed by atoms with E-state index in [9.17, 15) is 45.6 Å². The fraction of sp³-hybridized carbons (Fsp3) is 0.837. The molecule has 2 saturated heterocycles. The Balaban J connectivity index is 1.93. The predicted molar refractivity (Wildman–Crippen MR) is 217 cm³/mol. The van der Waals surface area contributed by atoms with Crippen molar-refractivity contribution in [1.82, 2.24) is 5.32 Å². The van der Waals surface area contributed by atoms with Crippen LogP contribution in [0, 0.1) is 0 Å². The average molecular weight is 816 g/mol. The summed E-state index contributed by atoms with van der Waals surface area (Å²) in [4.78, 5) is 13.0. The number of ether oxygens (including phenoxy) is 4. The highest BCUT2D eigenvalue weighted by Crippen LogP contribution is 2.30. The largest absolute Gasteiger partial charge is 0.394 e. The molecule has 0 aromatic carbocycles. The van der Waals surface area contributed by atoms with Gasteiger partial charge in [0.05, 0.1) is 32.0 Å². The van der Waals surface area contributed by atoms with Crippen molar-refractivity contribution in [2.75, 3.05) is 19.8 Å². The number of nitrogens with one attached hydrogen (secondary N) is 1. The quantitative estimate of drug-likeness (QED) is 0.0361. The molecule has 0 aromatic heterocycles. The first kappa shape index (κ1) is 51.4. The van der Waals surface area contributed by atoms with Crippen LogP contribution < -0.4 is 5.32 Å². The van der Waals surface area contributed by atoms with Crippen LogP contribution in [0.2, 0.25) is 0 Å². The lowest BCUT2D eigenvalue weighted by Crippen LogP contribution is -2.65. The number of carbonyl (C=O) groups excluding carboxylic acids is 1. The molecule has 0 aromatic rings. The molecule has 0 spiro atoms. The van der Waals surface area contributed by atoms with Crippen LogP contribution in [0.3, 0.4) is 0 Å². The Morgan fingerprint density at radius 2 is 1.19 bits per heavy atom. The van der Waals surface area contributed by atoms with E-state index in [2.05, 4.69) is 43.5 Å². The van der Waals surface area contributed by atoms with E-state index in [4.69, 9.17) is 18.9 Å². The van der Waals surface area contributed by atoms with E-state index < -0.39 is 86.8 Å². The van der Waals surface area contributed by atoms with E-state index in [0.29, 0.717) is 6.42 Å². The first-order chi connectivity index (χ1) is 27.6. The fourth-order valence-electron chi connectivity index (χ4n) is 6.91. The van der Waals surface area contributed by atoms with Gasteiger partial charge in [0.25, 0.3) is 0 Å². The van der Waals surface area contributed by atoms with Crippen LogP contribution >= 0.6 is 0 Å². The molecule has 12 unspecified atom stereocenters. The van der Waals surface area contributed by atoms with Crippen molar-refractivity contribution in [3.05, 3.63) is 36.5 Å². The number of allylic oxidation sites excluding steroid dienone is 5. The highest BCUT2D eigenvalue weighted by molar-refractivity contribution is 5.76. The summed E-state index contributed by atoms with van der Waals surface area (Å²) < 4.78 is 22.6. The van der Waals surface area contributed by atoms with Crippen molar-refractivity contribution in [1.29, 1.82) is 0 Å². The maximum atomic E-state index is 13.0. The summed E-state index contributed by atoms with van der Waals surface area (Å²) in [5.74, 6) is -0.260. The van der Waals surface area contributed by atoms with Crippen LogP contribution in [0.25, 0.3) is 0 Å². The summed E-state index contributed by atoms with van der Waals surface area (Å²) in [6.45, 7) is 2.64. The number of aliphatic hydroxyl groups excluding tert-OH is 8. The Kier molecular flexibility index (Phi) is 28.1. The molecule has 0 bridgehead atoms. The van der Waals surface area contributed by atoms with Gasteiger partial charge in [-0.15, -0.1) is 0 Å². The van der Waals surface area contributed by atoms with Crippen LogP contribution in [0.5, 0.6) is 0 Å². The molecule has 0 radical (unpaired) electrons. The van der Waals surface area contributed by atoms with Gasteiger partial charge in [-0.2, -0.15) is 0 Å². The predicted octanol–water partition coefficient (Wildman–Crippen LogP) is 3.59. The summed E-state index contributed by atoms with van der Waals surface area (Å²) in [7, 11) is 0. The van der Waals surface area contributed by atoms with Gasteiger partial charge < -0.3 is 65.1 Å². The van der Waals surface area contributed by atoms with Crippen molar-refractivity contribution in [2.45, 2.75) is 209 Å². The Labute approximate surface area is 341 Å². The third-order valence-electron chi connectivity index (χ3n) is 10.6. The number of hydrogen-bond donors (Lipinski definition) is 9. The molecule has 12 atom stereocenters. The molecule has 2 aliphatic heterocycles. The van der Waals surface area contributed by atoms with E-state index in [-0.39, 0.29) is 18.9 Å². The monoisotopic (exact) mass is 816 g/mol. The topological polar surface area (TPSA) is 228 Å². The number of unbranched alkanes of at least 4 members (excludes halogenated alkanes) is 14. The second-order valence-corrected chi connectivity index (χ2v) is 15.5. The Morgan fingerprint density at radius 3 is 1.82 bits per heavy atom. The fourth-order valence-corrected chi connectivity index (χ4v) is 6.91. The third-order valence-corrected chi connectivity index (χ3v) is 10.6. The van der Waals surface area contributed by atoms with Gasteiger partial charge in [-0.25, -0.2) is 0 Å². The zero-order valence-electron chi connectivity index (χ0n) is 34.6. The van der Waals surface area contributed by atoms with Crippen LogP contribution in [-0.4, -0.2) is 140 Å². The second kappa shape index (κ2) is 31.1. The minimum Gasteiger partial charge on any atom is -0.394 e. The van der Waals surface area contributed by atoms with Gasteiger partial charge in [0, 0.05) is 6.42 Å². The lowest BCUT2D eigenvalue weighted by atomic mass is 9.97. The van der Waals surface area contributed by atoms with E-state index in [1.165, 1.54) is 38.5 Å². The minimum absolute atomic E-state index is 0.260. The standard InChI is InChI=1S/C43H77NO13/c1-3-5-7-9-11-13-15-16-17-19-21-23-25-27-35(48)44-31(32(47)26-24-22-20-18-14-12-10-8-6-4-2)30-54-42-40(53)38(51)41(34(29-46)56-42)57-43-39(52)37(50)36(49)33(28-45)55-43/h7,9,13,15,24,26,31-34,36-43,45-47,49-53H,3-6,8,10-12,14,16-23,25,27-30H2,1-2H3,(H,44,48)/b9-7-,15-13-,26-24+. The number of amides is 1. The average Bonchev–Trinajstić information content (AvgIpc) is 3.21. The summed E-state index contributed by atoms with van der Waals surface area (Å²) in [5, 5.41) is 86.2. The molecule has 14 nitrogen and oxygen atoms in total. The Bertz CT molecular complexity index is 1100. The first-order valence-corrected chi connectivity index (χ1v) is 21.7. The van der Waals surface area contributed by atoms with Crippen molar-refractivity contribution >= 4 is 5.91 Å². The maximum absolute atomic E-state index is 13.0. The van der Waals surface area contributed by atoms with E-state index in [1.54, 1.807) is 6.08 Å². The molecule has 9 N–H and O–H groups in total. The number of carbonyl (C=O) groups is 1. The van der Waals surface area contributed by atoms with Crippen LogP contribution in [0.1, 0.15) is 136 Å². The van der Waals surface area contributed by atoms with Gasteiger partial charge in [0.1, 0.15) is 48.8 Å². The summed E-state index contributed by atoms with van der Waals surface area (Å²) in [6, 6.07) is -0.917. The van der Waals surface area contributed by atoms with Gasteiger partial charge in [-0.05, 0) is 44.9 Å². The molecule has 332 valence electrons. The molecular weight excluding hydrogens is 738 g/mol. The lowest BCUT2D eigenvalue weighted by Gasteiger charge is -2.46. The zero-order valence-corrected chi connectivity index (χ0v) is 34.6. The minimum atomic E-state index is -1.79. The molecule has 57 heavy (non-hydrogen) atoms. The van der Waals surface area contributed by atoms with Crippen LogP contribution in [-0.2, 0) is 23.7 Å². The molecule has 2 rings (SSSR count). The summed E-state index contributed by atoms with van der Waals surface area (Å²) in [5.41, 5.74) is 0. The van der Waals surface area contributed by atoms with Crippen molar-refractivity contribution in [3.63, 3.8) is 0 Å². The Hall–Kier alpha value is -1.79. The van der Waals surface area contributed by atoms with Gasteiger partial charge in [-0.1, -0.05) is 121 Å². The van der Waals surface area contributed by atoms with Gasteiger partial charge in [0.2, 0.25) is 5.91 Å². The summed E-state index contributed by atoms with van der Waals surface area (Å²) in [6.07, 6.45) is 14.9. The smallest absolute Gasteiger partial charge is 0.220 e. The zero-order chi connectivity index (χ0) is 41.8. The molecular formula is C43H77NO13. The third kappa shape index (κ3) is 19.9. The molecule has 2 aliphatic rings. The van der Waals surface area contributed by atoms with Crippen LogP contribution in [0.4, 0.5) is 0 Å². The number of aliphatic hydroxyl groups is 8. The van der Waals surface area contributed by atoms with Gasteiger partial charge >= 0.3 is 0 Å². The maximum Gasteiger partial charge on any atom is 0.220 e. The van der Waals surface area contributed by atoms with Crippen molar-refractivity contribution in [3.8, 4) is 0 Å². The molecule has 14 heteroatoms. The van der Waals surface area contributed by atoms with Gasteiger partial charge in [0.15, 0.2) is 12.6 Å². The Morgan fingerprint density at radius 1 is 0.632 bits per heavy atom. The molecule has 2 fully saturated rings. The highest BCUT2D eigenvalue weighted by Gasteiger charge is 2.50. The summed E-state index contributed by atoms with van der Waals surface area (Å²) >= 11 is 0. The number of hydrogen-bond acceptors (Lipinski definition) is 13. The van der Waals surface area contributed by atoms with Crippen molar-refractivity contribution < 1.29 is 64.6 Å².